The average Bonchev–Trinajstić information content (AvgIpc) is 2.50. The SMILES string of the molecule is Cc1ccc(B2OC(C)(C)C(C)(C)O2)nc1NC(C)C. The third kappa shape index (κ3) is 2.84. The van der Waals surface area contributed by atoms with E-state index in [1.54, 1.807) is 0 Å². The standard InChI is InChI=1S/C15H25BN2O2/c1-10(2)17-13-11(3)8-9-12(18-13)16-19-14(4,5)15(6,7)20-16/h8-10H,1-7H3,(H,17,18). The molecule has 1 N–H and O–H groups in total. The van der Waals surface area contributed by atoms with Crippen molar-refractivity contribution < 1.29 is 9.31 Å². The van der Waals surface area contributed by atoms with E-state index < -0.39 is 7.12 Å². The normalized spacial score (nSPS) is 20.5. The van der Waals surface area contributed by atoms with Crippen LogP contribution in [0.3, 0.4) is 0 Å². The molecule has 0 atom stereocenters. The zero-order chi connectivity index (χ0) is 15.1. The summed E-state index contributed by atoms with van der Waals surface area (Å²) in [6.07, 6.45) is 0. The number of pyridine rings is 1. The van der Waals surface area contributed by atoms with Crippen LogP contribution >= 0.6 is 0 Å². The van der Waals surface area contributed by atoms with Crippen LogP contribution in [0.1, 0.15) is 47.1 Å². The first-order valence-electron chi connectivity index (χ1n) is 7.22. The Morgan fingerprint density at radius 3 is 2.15 bits per heavy atom. The van der Waals surface area contributed by atoms with Gasteiger partial charge in [0, 0.05) is 6.04 Å². The largest absolute Gasteiger partial charge is 0.514 e. The highest BCUT2D eigenvalue weighted by molar-refractivity contribution is 6.61. The van der Waals surface area contributed by atoms with E-state index in [-0.39, 0.29) is 11.2 Å². The lowest BCUT2D eigenvalue weighted by Gasteiger charge is -2.32. The van der Waals surface area contributed by atoms with Crippen molar-refractivity contribution in [1.82, 2.24) is 4.98 Å². The van der Waals surface area contributed by atoms with Crippen LogP contribution in [0.5, 0.6) is 0 Å². The molecule has 1 aromatic heterocycles. The van der Waals surface area contributed by atoms with Crippen LogP contribution in [0, 0.1) is 6.92 Å². The van der Waals surface area contributed by atoms with E-state index in [2.05, 4.69) is 57.9 Å². The zero-order valence-corrected chi connectivity index (χ0v) is 13.6. The molecule has 20 heavy (non-hydrogen) atoms. The van der Waals surface area contributed by atoms with Crippen LogP contribution in [0.15, 0.2) is 12.1 Å². The van der Waals surface area contributed by atoms with Gasteiger partial charge in [0.2, 0.25) is 0 Å². The Bertz CT molecular complexity index is 485. The van der Waals surface area contributed by atoms with Crippen molar-refractivity contribution in [2.45, 2.75) is 65.7 Å². The van der Waals surface area contributed by atoms with E-state index in [0.29, 0.717) is 6.04 Å². The summed E-state index contributed by atoms with van der Waals surface area (Å²) in [5, 5.41) is 3.36. The molecular formula is C15H25BN2O2. The highest BCUT2D eigenvalue weighted by Gasteiger charge is 2.52. The summed E-state index contributed by atoms with van der Waals surface area (Å²) in [6, 6.07) is 4.37. The van der Waals surface area contributed by atoms with E-state index in [9.17, 15) is 0 Å². The number of nitrogens with one attached hydrogen (secondary N) is 1. The summed E-state index contributed by atoms with van der Waals surface area (Å²) in [5.74, 6) is 0.896. The molecule has 1 saturated heterocycles. The molecular weight excluding hydrogens is 251 g/mol. The molecule has 0 radical (unpaired) electrons. The molecule has 0 bridgehead atoms. The van der Waals surface area contributed by atoms with Gasteiger partial charge in [0.1, 0.15) is 5.82 Å². The van der Waals surface area contributed by atoms with Gasteiger partial charge >= 0.3 is 7.12 Å². The highest BCUT2D eigenvalue weighted by Crippen LogP contribution is 2.36. The van der Waals surface area contributed by atoms with Gasteiger partial charge in [-0.25, -0.2) is 4.98 Å². The van der Waals surface area contributed by atoms with Crippen molar-refractivity contribution in [3.05, 3.63) is 17.7 Å². The number of anilines is 1. The molecule has 1 aromatic rings. The number of rotatable bonds is 3. The summed E-state index contributed by atoms with van der Waals surface area (Å²) in [7, 11) is -0.409. The van der Waals surface area contributed by atoms with Crippen molar-refractivity contribution in [1.29, 1.82) is 0 Å². The molecule has 0 amide bonds. The van der Waals surface area contributed by atoms with E-state index in [4.69, 9.17) is 9.31 Å². The Labute approximate surface area is 122 Å². The van der Waals surface area contributed by atoms with Gasteiger partial charge in [0.15, 0.2) is 0 Å². The lowest BCUT2D eigenvalue weighted by molar-refractivity contribution is 0.00578. The molecule has 1 aliphatic heterocycles. The molecule has 1 fully saturated rings. The monoisotopic (exact) mass is 276 g/mol. The predicted molar refractivity (Wildman–Crippen MR) is 83.4 cm³/mol. The molecule has 4 nitrogen and oxygen atoms in total. The third-order valence-corrected chi connectivity index (χ3v) is 4.04. The van der Waals surface area contributed by atoms with Gasteiger partial charge in [-0.1, -0.05) is 6.07 Å². The Hall–Kier alpha value is -1.07. The predicted octanol–water partition coefficient (Wildman–Crippen LogP) is 2.51. The van der Waals surface area contributed by atoms with Crippen LogP contribution in [-0.2, 0) is 9.31 Å². The minimum atomic E-state index is -0.409. The smallest absolute Gasteiger partial charge is 0.398 e. The van der Waals surface area contributed by atoms with Gasteiger partial charge < -0.3 is 14.6 Å². The van der Waals surface area contributed by atoms with Gasteiger partial charge in [0.05, 0.1) is 16.8 Å². The third-order valence-electron chi connectivity index (χ3n) is 4.04. The second-order valence-electron chi connectivity index (χ2n) is 6.79. The van der Waals surface area contributed by atoms with E-state index >= 15 is 0 Å². The Kier molecular flexibility index (Phi) is 3.86. The maximum absolute atomic E-state index is 6.04. The first-order chi connectivity index (χ1) is 9.12. The molecule has 0 unspecified atom stereocenters. The summed E-state index contributed by atoms with van der Waals surface area (Å²) in [4.78, 5) is 4.66. The van der Waals surface area contributed by atoms with E-state index in [1.165, 1.54) is 0 Å². The zero-order valence-electron chi connectivity index (χ0n) is 13.6. The van der Waals surface area contributed by atoms with Crippen molar-refractivity contribution >= 4 is 18.5 Å². The maximum atomic E-state index is 6.04. The lowest BCUT2D eigenvalue weighted by Crippen LogP contribution is -2.41. The summed E-state index contributed by atoms with van der Waals surface area (Å²) < 4.78 is 12.1. The molecule has 2 rings (SSSR count). The first-order valence-corrected chi connectivity index (χ1v) is 7.22. The fourth-order valence-corrected chi connectivity index (χ4v) is 2.06. The van der Waals surface area contributed by atoms with Gasteiger partial charge in [-0.3, -0.25) is 0 Å². The van der Waals surface area contributed by atoms with Crippen LogP contribution in [0.2, 0.25) is 0 Å². The fourth-order valence-electron chi connectivity index (χ4n) is 2.06. The Morgan fingerprint density at radius 1 is 1.10 bits per heavy atom. The van der Waals surface area contributed by atoms with E-state index in [1.807, 2.05) is 13.0 Å². The number of hydrogen-bond acceptors (Lipinski definition) is 4. The number of aromatic nitrogens is 1. The number of aryl methyl sites for hydroxylation is 1. The molecule has 0 aromatic carbocycles. The maximum Gasteiger partial charge on any atom is 0.514 e. The fraction of sp³-hybridized carbons (Fsp3) is 0.667. The average molecular weight is 276 g/mol. The topological polar surface area (TPSA) is 43.4 Å². The molecule has 2 heterocycles. The van der Waals surface area contributed by atoms with Crippen molar-refractivity contribution in [2.75, 3.05) is 5.32 Å². The van der Waals surface area contributed by atoms with Crippen LogP contribution in [0.25, 0.3) is 0 Å². The number of hydrogen-bond donors (Lipinski definition) is 1. The van der Waals surface area contributed by atoms with E-state index in [0.717, 1.165) is 17.0 Å². The van der Waals surface area contributed by atoms with Crippen LogP contribution in [-0.4, -0.2) is 29.3 Å². The lowest BCUT2D eigenvalue weighted by atomic mass is 9.84. The summed E-state index contributed by atoms with van der Waals surface area (Å²) in [6.45, 7) is 14.4. The quantitative estimate of drug-likeness (QED) is 0.861. The molecule has 5 heteroatoms. The minimum absolute atomic E-state index is 0.337. The Morgan fingerprint density at radius 2 is 1.65 bits per heavy atom. The van der Waals surface area contributed by atoms with Gasteiger partial charge in [-0.2, -0.15) is 0 Å². The summed E-state index contributed by atoms with van der Waals surface area (Å²) >= 11 is 0. The second-order valence-corrected chi connectivity index (χ2v) is 6.79. The minimum Gasteiger partial charge on any atom is -0.398 e. The van der Waals surface area contributed by atoms with Gasteiger partial charge in [-0.05, 0) is 60.1 Å². The Balaban J connectivity index is 2.27. The molecule has 110 valence electrons. The molecule has 0 spiro atoms. The molecule has 0 aliphatic carbocycles. The van der Waals surface area contributed by atoms with Crippen molar-refractivity contribution in [2.24, 2.45) is 0 Å². The van der Waals surface area contributed by atoms with Gasteiger partial charge in [0.25, 0.3) is 0 Å². The molecule has 0 saturated carbocycles. The van der Waals surface area contributed by atoms with Gasteiger partial charge in [-0.15, -0.1) is 0 Å². The van der Waals surface area contributed by atoms with Crippen molar-refractivity contribution in [3.63, 3.8) is 0 Å². The highest BCUT2D eigenvalue weighted by atomic mass is 16.7. The summed E-state index contributed by atoms with van der Waals surface area (Å²) in [5.41, 5.74) is 1.27. The molecule has 1 aliphatic rings. The second kappa shape index (κ2) is 5.04. The van der Waals surface area contributed by atoms with Crippen molar-refractivity contribution in [3.8, 4) is 0 Å². The van der Waals surface area contributed by atoms with Crippen LogP contribution < -0.4 is 10.9 Å². The van der Waals surface area contributed by atoms with Crippen LogP contribution in [0.4, 0.5) is 5.82 Å². The number of nitrogens with zero attached hydrogens (tertiary/aromatic N) is 1. The first kappa shape index (κ1) is 15.3.